The molecule has 2 heterocycles. The van der Waals surface area contributed by atoms with E-state index in [4.69, 9.17) is 4.74 Å². The summed E-state index contributed by atoms with van der Waals surface area (Å²) in [6.07, 6.45) is 6.39. The highest BCUT2D eigenvalue weighted by Crippen LogP contribution is 2.24. The van der Waals surface area contributed by atoms with Crippen molar-refractivity contribution in [3.05, 3.63) is 29.6 Å². The highest BCUT2D eigenvalue weighted by Gasteiger charge is 2.29. The summed E-state index contributed by atoms with van der Waals surface area (Å²) in [7, 11) is -4.03. The molecular formula is C20H27FN2O5S. The smallest absolute Gasteiger partial charge is 0.338 e. The normalized spacial score (nSPS) is 18.9. The van der Waals surface area contributed by atoms with E-state index in [1.165, 1.54) is 10.4 Å². The Labute approximate surface area is 170 Å². The molecule has 2 saturated heterocycles. The van der Waals surface area contributed by atoms with Gasteiger partial charge in [0, 0.05) is 26.2 Å². The van der Waals surface area contributed by atoms with Crippen LogP contribution in [0.4, 0.5) is 4.39 Å². The van der Waals surface area contributed by atoms with Crippen molar-refractivity contribution < 1.29 is 27.1 Å². The maximum absolute atomic E-state index is 14.3. The van der Waals surface area contributed by atoms with E-state index in [0.29, 0.717) is 26.2 Å². The second-order valence-electron chi connectivity index (χ2n) is 7.48. The van der Waals surface area contributed by atoms with Gasteiger partial charge in [0.1, 0.15) is 10.7 Å². The van der Waals surface area contributed by atoms with E-state index in [1.54, 1.807) is 4.90 Å². The molecule has 1 aromatic carbocycles. The maximum atomic E-state index is 14.3. The second-order valence-corrected chi connectivity index (χ2v) is 9.39. The standard InChI is InChI=1S/C20H27FN2O5S/c21-17-9-8-16(14-18(17)29(26,27)23-12-6-3-7-13-23)20(25)28-15-19(24)22-10-4-1-2-5-11-22/h8-9,14H,1-7,10-13,15H2. The average Bonchev–Trinajstić information content (AvgIpc) is 3.02. The summed E-state index contributed by atoms with van der Waals surface area (Å²) in [5.41, 5.74) is -0.0920. The monoisotopic (exact) mass is 426 g/mol. The number of hydrogen-bond donors (Lipinski definition) is 0. The summed E-state index contributed by atoms with van der Waals surface area (Å²) in [6, 6.07) is 3.12. The predicted molar refractivity (Wildman–Crippen MR) is 104 cm³/mol. The van der Waals surface area contributed by atoms with Crippen LogP contribution in [-0.2, 0) is 19.6 Å². The maximum Gasteiger partial charge on any atom is 0.338 e. The molecule has 3 rings (SSSR count). The molecule has 0 bridgehead atoms. The number of amides is 1. The molecule has 2 aliphatic rings. The number of benzene rings is 1. The molecule has 0 spiro atoms. The van der Waals surface area contributed by atoms with Crippen LogP contribution in [0.25, 0.3) is 0 Å². The van der Waals surface area contributed by atoms with Crippen molar-refractivity contribution >= 4 is 21.9 Å². The third kappa shape index (κ3) is 5.33. The predicted octanol–water partition coefficient (Wildman–Crippen LogP) is 2.56. The summed E-state index contributed by atoms with van der Waals surface area (Å²) in [5, 5.41) is 0. The van der Waals surface area contributed by atoms with Crippen LogP contribution < -0.4 is 0 Å². The lowest BCUT2D eigenvalue weighted by Crippen LogP contribution is -2.36. The highest BCUT2D eigenvalue weighted by molar-refractivity contribution is 7.89. The second kappa shape index (κ2) is 9.67. The minimum absolute atomic E-state index is 0.0920. The Morgan fingerprint density at radius 2 is 1.52 bits per heavy atom. The molecule has 0 atom stereocenters. The molecule has 0 radical (unpaired) electrons. The largest absolute Gasteiger partial charge is 0.452 e. The van der Waals surface area contributed by atoms with E-state index in [0.717, 1.165) is 57.1 Å². The van der Waals surface area contributed by atoms with Crippen molar-refractivity contribution in [1.82, 2.24) is 9.21 Å². The summed E-state index contributed by atoms with van der Waals surface area (Å²) >= 11 is 0. The Hall–Kier alpha value is -2.00. The lowest BCUT2D eigenvalue weighted by atomic mass is 10.2. The lowest BCUT2D eigenvalue weighted by Gasteiger charge is -2.26. The Morgan fingerprint density at radius 1 is 0.931 bits per heavy atom. The van der Waals surface area contributed by atoms with Gasteiger partial charge in [-0.3, -0.25) is 4.79 Å². The third-order valence-corrected chi connectivity index (χ3v) is 7.30. The van der Waals surface area contributed by atoms with Crippen LogP contribution in [0.15, 0.2) is 23.1 Å². The average molecular weight is 427 g/mol. The number of piperidine rings is 1. The van der Waals surface area contributed by atoms with Crippen molar-refractivity contribution in [3.8, 4) is 0 Å². The Balaban J connectivity index is 1.68. The summed E-state index contributed by atoms with van der Waals surface area (Å²) in [4.78, 5) is 25.7. The summed E-state index contributed by atoms with van der Waals surface area (Å²) < 4.78 is 46.1. The van der Waals surface area contributed by atoms with Gasteiger partial charge in [0.15, 0.2) is 6.61 Å². The summed E-state index contributed by atoms with van der Waals surface area (Å²) in [5.74, 6) is -2.03. The molecule has 7 nitrogen and oxygen atoms in total. The third-order valence-electron chi connectivity index (χ3n) is 5.39. The fourth-order valence-corrected chi connectivity index (χ4v) is 5.30. The van der Waals surface area contributed by atoms with E-state index in [-0.39, 0.29) is 11.5 Å². The van der Waals surface area contributed by atoms with E-state index in [9.17, 15) is 22.4 Å². The minimum atomic E-state index is -4.03. The van der Waals surface area contributed by atoms with Crippen LogP contribution >= 0.6 is 0 Å². The zero-order valence-corrected chi connectivity index (χ0v) is 17.3. The number of likely N-dealkylation sites (tertiary alicyclic amines) is 1. The van der Waals surface area contributed by atoms with Crippen LogP contribution in [0.1, 0.15) is 55.3 Å². The zero-order chi connectivity index (χ0) is 20.9. The molecule has 0 N–H and O–H groups in total. The van der Waals surface area contributed by atoms with Gasteiger partial charge in [-0.1, -0.05) is 19.3 Å². The van der Waals surface area contributed by atoms with Crippen molar-refractivity contribution in [1.29, 1.82) is 0 Å². The number of hydrogen-bond acceptors (Lipinski definition) is 5. The van der Waals surface area contributed by atoms with Gasteiger partial charge in [-0.05, 0) is 43.9 Å². The summed E-state index contributed by atoms with van der Waals surface area (Å²) in [6.45, 7) is 1.54. The fraction of sp³-hybridized carbons (Fsp3) is 0.600. The van der Waals surface area contributed by atoms with Gasteiger partial charge in [-0.25, -0.2) is 17.6 Å². The molecule has 9 heteroatoms. The van der Waals surface area contributed by atoms with Crippen molar-refractivity contribution in [2.45, 2.75) is 49.8 Å². The molecule has 160 valence electrons. The van der Waals surface area contributed by atoms with E-state index >= 15 is 0 Å². The molecule has 0 unspecified atom stereocenters. The van der Waals surface area contributed by atoms with Gasteiger partial charge in [-0.2, -0.15) is 4.31 Å². The zero-order valence-electron chi connectivity index (χ0n) is 16.4. The Bertz CT molecular complexity index is 844. The quantitative estimate of drug-likeness (QED) is 0.676. The van der Waals surface area contributed by atoms with Crippen LogP contribution in [-0.4, -0.2) is 62.3 Å². The highest BCUT2D eigenvalue weighted by atomic mass is 32.2. The molecular weight excluding hydrogens is 399 g/mol. The number of ether oxygens (including phenoxy) is 1. The lowest BCUT2D eigenvalue weighted by molar-refractivity contribution is -0.134. The van der Waals surface area contributed by atoms with Gasteiger partial charge in [0.25, 0.3) is 5.91 Å². The van der Waals surface area contributed by atoms with Gasteiger partial charge in [0.05, 0.1) is 5.56 Å². The molecule has 0 aromatic heterocycles. The molecule has 1 amide bonds. The van der Waals surface area contributed by atoms with E-state index < -0.39 is 33.3 Å². The number of halogens is 1. The first-order valence-corrected chi connectivity index (χ1v) is 11.6. The molecule has 29 heavy (non-hydrogen) atoms. The van der Waals surface area contributed by atoms with Gasteiger partial charge in [0.2, 0.25) is 10.0 Å². The van der Waals surface area contributed by atoms with Crippen LogP contribution in [0.2, 0.25) is 0 Å². The molecule has 0 aliphatic carbocycles. The molecule has 1 aromatic rings. The van der Waals surface area contributed by atoms with Gasteiger partial charge < -0.3 is 9.64 Å². The van der Waals surface area contributed by atoms with Gasteiger partial charge in [-0.15, -0.1) is 0 Å². The molecule has 2 fully saturated rings. The first-order valence-electron chi connectivity index (χ1n) is 10.1. The minimum Gasteiger partial charge on any atom is -0.452 e. The Kier molecular flexibility index (Phi) is 7.23. The van der Waals surface area contributed by atoms with E-state index in [1.807, 2.05) is 0 Å². The first-order chi connectivity index (χ1) is 13.9. The topological polar surface area (TPSA) is 84.0 Å². The number of rotatable bonds is 5. The molecule has 0 saturated carbocycles. The number of carbonyl (C=O) groups is 2. The van der Waals surface area contributed by atoms with Gasteiger partial charge >= 0.3 is 5.97 Å². The van der Waals surface area contributed by atoms with Crippen molar-refractivity contribution in [2.24, 2.45) is 0 Å². The van der Waals surface area contributed by atoms with Crippen LogP contribution in [0.3, 0.4) is 0 Å². The number of nitrogens with zero attached hydrogens (tertiary/aromatic N) is 2. The van der Waals surface area contributed by atoms with Crippen LogP contribution in [0.5, 0.6) is 0 Å². The molecule has 2 aliphatic heterocycles. The van der Waals surface area contributed by atoms with E-state index in [2.05, 4.69) is 0 Å². The number of carbonyl (C=O) groups excluding carboxylic acids is 2. The Morgan fingerprint density at radius 3 is 2.17 bits per heavy atom. The van der Waals surface area contributed by atoms with Crippen molar-refractivity contribution in [2.75, 3.05) is 32.8 Å². The number of esters is 1. The van der Waals surface area contributed by atoms with Crippen molar-refractivity contribution in [3.63, 3.8) is 0 Å². The fourth-order valence-electron chi connectivity index (χ4n) is 3.69. The first kappa shape index (κ1) is 21.7. The van der Waals surface area contributed by atoms with Crippen LogP contribution in [0, 0.1) is 5.82 Å². The number of sulfonamides is 1. The SMILES string of the molecule is O=C(OCC(=O)N1CCCCCC1)c1ccc(F)c(S(=O)(=O)N2CCCCC2)c1.